The number of hydrogen-bond acceptors (Lipinski definition) is 4. The minimum absolute atomic E-state index is 0.0440. The van der Waals surface area contributed by atoms with E-state index in [0.29, 0.717) is 22.7 Å². The van der Waals surface area contributed by atoms with Crippen molar-refractivity contribution in [3.05, 3.63) is 70.5 Å². The molecule has 0 spiro atoms. The summed E-state index contributed by atoms with van der Waals surface area (Å²) in [5.41, 5.74) is 4.71. The van der Waals surface area contributed by atoms with E-state index in [-0.39, 0.29) is 11.2 Å². The summed E-state index contributed by atoms with van der Waals surface area (Å²) in [6, 6.07) is 13.5. The van der Waals surface area contributed by atoms with Crippen molar-refractivity contribution in [1.29, 1.82) is 0 Å². The Hall–Kier alpha value is -2.95. The van der Waals surface area contributed by atoms with Crippen LogP contribution >= 0.6 is 0 Å². The Kier molecular flexibility index (Phi) is 4.87. The van der Waals surface area contributed by atoms with E-state index in [4.69, 9.17) is 4.74 Å². The van der Waals surface area contributed by atoms with Gasteiger partial charge in [0.1, 0.15) is 11.4 Å². The van der Waals surface area contributed by atoms with E-state index in [1.54, 1.807) is 11.8 Å². The predicted octanol–water partition coefficient (Wildman–Crippen LogP) is 4.42. The lowest BCUT2D eigenvalue weighted by atomic mass is 9.86. The Bertz CT molecular complexity index is 980. The molecule has 0 aliphatic heterocycles. The SMILES string of the molecule is COc1ccc(C)cc1-n1nnc(C(=O)c2ccc(C(C)(C)C)cc2)c1C. The number of hydrogen-bond donors (Lipinski definition) is 0. The van der Waals surface area contributed by atoms with Crippen molar-refractivity contribution in [3.8, 4) is 11.4 Å². The molecule has 5 heteroatoms. The minimum atomic E-state index is -0.133. The zero-order valence-electron chi connectivity index (χ0n) is 16.7. The van der Waals surface area contributed by atoms with Crippen molar-refractivity contribution in [1.82, 2.24) is 15.0 Å². The van der Waals surface area contributed by atoms with Gasteiger partial charge in [0.15, 0.2) is 5.69 Å². The zero-order valence-corrected chi connectivity index (χ0v) is 16.7. The normalized spacial score (nSPS) is 11.5. The quantitative estimate of drug-likeness (QED) is 0.644. The van der Waals surface area contributed by atoms with Crippen LogP contribution in [0.25, 0.3) is 5.69 Å². The third kappa shape index (κ3) is 3.63. The number of ketones is 1. The summed E-state index contributed by atoms with van der Waals surface area (Å²) in [5, 5.41) is 8.36. The number of carbonyl (C=O) groups is 1. The van der Waals surface area contributed by atoms with Crippen LogP contribution in [0.2, 0.25) is 0 Å². The summed E-state index contributed by atoms with van der Waals surface area (Å²) in [4.78, 5) is 12.9. The number of aryl methyl sites for hydroxylation is 1. The predicted molar refractivity (Wildman–Crippen MR) is 106 cm³/mol. The molecule has 0 bridgehead atoms. The van der Waals surface area contributed by atoms with Crippen LogP contribution in [0.1, 0.15) is 53.6 Å². The largest absolute Gasteiger partial charge is 0.494 e. The van der Waals surface area contributed by atoms with Gasteiger partial charge < -0.3 is 4.74 Å². The number of nitrogens with zero attached hydrogens (tertiary/aromatic N) is 3. The Morgan fingerprint density at radius 2 is 1.70 bits per heavy atom. The van der Waals surface area contributed by atoms with Gasteiger partial charge in [-0.05, 0) is 42.5 Å². The van der Waals surface area contributed by atoms with Gasteiger partial charge in [-0.1, -0.05) is 56.3 Å². The van der Waals surface area contributed by atoms with Crippen LogP contribution in [0.15, 0.2) is 42.5 Å². The van der Waals surface area contributed by atoms with E-state index in [1.807, 2.05) is 56.3 Å². The summed E-state index contributed by atoms with van der Waals surface area (Å²) in [6.45, 7) is 10.3. The van der Waals surface area contributed by atoms with Gasteiger partial charge in [0, 0.05) is 5.56 Å². The molecule has 2 aromatic carbocycles. The molecule has 1 aromatic heterocycles. The van der Waals surface area contributed by atoms with Crippen LogP contribution in [0.4, 0.5) is 0 Å². The molecule has 27 heavy (non-hydrogen) atoms. The highest BCUT2D eigenvalue weighted by molar-refractivity contribution is 6.08. The molecule has 0 fully saturated rings. The van der Waals surface area contributed by atoms with Gasteiger partial charge in [-0.2, -0.15) is 0 Å². The van der Waals surface area contributed by atoms with E-state index in [1.165, 1.54) is 5.56 Å². The highest BCUT2D eigenvalue weighted by Gasteiger charge is 2.21. The number of methoxy groups -OCH3 is 1. The minimum Gasteiger partial charge on any atom is -0.494 e. The molecule has 0 atom stereocenters. The maximum absolute atomic E-state index is 12.9. The lowest BCUT2D eigenvalue weighted by Gasteiger charge is -2.18. The lowest BCUT2D eigenvalue weighted by molar-refractivity contribution is 0.103. The van der Waals surface area contributed by atoms with Gasteiger partial charge >= 0.3 is 0 Å². The first-order valence-electron chi connectivity index (χ1n) is 8.95. The molecule has 0 aliphatic carbocycles. The highest BCUT2D eigenvalue weighted by Crippen LogP contribution is 2.26. The molecular weight excluding hydrogens is 338 g/mol. The smallest absolute Gasteiger partial charge is 0.215 e. The third-order valence-electron chi connectivity index (χ3n) is 4.69. The molecule has 0 amide bonds. The first-order valence-corrected chi connectivity index (χ1v) is 8.95. The van der Waals surface area contributed by atoms with Crippen LogP contribution < -0.4 is 4.74 Å². The van der Waals surface area contributed by atoms with Crippen LogP contribution in [-0.2, 0) is 5.41 Å². The number of aromatic nitrogens is 3. The molecule has 3 rings (SSSR count). The topological polar surface area (TPSA) is 57.0 Å². The fraction of sp³-hybridized carbons (Fsp3) is 0.318. The fourth-order valence-electron chi connectivity index (χ4n) is 2.99. The zero-order chi connectivity index (χ0) is 19.8. The summed E-state index contributed by atoms with van der Waals surface area (Å²) in [7, 11) is 1.61. The number of ether oxygens (including phenoxy) is 1. The van der Waals surface area contributed by atoms with Crippen LogP contribution in [-0.4, -0.2) is 27.9 Å². The van der Waals surface area contributed by atoms with Crippen LogP contribution in [0, 0.1) is 13.8 Å². The molecule has 0 N–H and O–H groups in total. The average molecular weight is 363 g/mol. The van der Waals surface area contributed by atoms with Gasteiger partial charge in [-0.15, -0.1) is 5.10 Å². The summed E-state index contributed by atoms with van der Waals surface area (Å²) in [6.07, 6.45) is 0. The van der Waals surface area contributed by atoms with E-state index in [9.17, 15) is 4.79 Å². The summed E-state index contributed by atoms with van der Waals surface area (Å²) < 4.78 is 7.09. The van der Waals surface area contributed by atoms with E-state index >= 15 is 0 Å². The molecular formula is C22H25N3O2. The summed E-state index contributed by atoms with van der Waals surface area (Å²) in [5.74, 6) is 0.549. The Balaban J connectivity index is 1.98. The van der Waals surface area contributed by atoms with Gasteiger partial charge in [0.25, 0.3) is 0 Å². The van der Waals surface area contributed by atoms with Crippen molar-refractivity contribution in [2.45, 2.75) is 40.0 Å². The number of rotatable bonds is 4. The number of carbonyl (C=O) groups excluding carboxylic acids is 1. The average Bonchev–Trinajstić information content (AvgIpc) is 3.01. The van der Waals surface area contributed by atoms with Gasteiger partial charge in [0.05, 0.1) is 12.8 Å². The molecule has 0 unspecified atom stereocenters. The molecule has 0 radical (unpaired) electrons. The van der Waals surface area contributed by atoms with Gasteiger partial charge in [-0.25, -0.2) is 4.68 Å². The maximum Gasteiger partial charge on any atom is 0.215 e. The van der Waals surface area contributed by atoms with Crippen molar-refractivity contribution in [3.63, 3.8) is 0 Å². The first-order chi connectivity index (χ1) is 12.7. The Morgan fingerprint density at radius 3 is 2.30 bits per heavy atom. The summed E-state index contributed by atoms with van der Waals surface area (Å²) >= 11 is 0. The van der Waals surface area contributed by atoms with Gasteiger partial charge in [-0.3, -0.25) is 4.79 Å². The Morgan fingerprint density at radius 1 is 1.04 bits per heavy atom. The van der Waals surface area contributed by atoms with E-state index in [0.717, 1.165) is 11.3 Å². The maximum atomic E-state index is 12.9. The molecule has 0 saturated heterocycles. The third-order valence-corrected chi connectivity index (χ3v) is 4.69. The van der Waals surface area contributed by atoms with Crippen molar-refractivity contribution < 1.29 is 9.53 Å². The molecule has 140 valence electrons. The highest BCUT2D eigenvalue weighted by atomic mass is 16.5. The lowest BCUT2D eigenvalue weighted by Crippen LogP contribution is -2.12. The van der Waals surface area contributed by atoms with E-state index < -0.39 is 0 Å². The molecule has 5 nitrogen and oxygen atoms in total. The molecule has 0 aliphatic rings. The molecule has 0 saturated carbocycles. The van der Waals surface area contributed by atoms with Crippen molar-refractivity contribution >= 4 is 5.78 Å². The van der Waals surface area contributed by atoms with Crippen molar-refractivity contribution in [2.75, 3.05) is 7.11 Å². The van der Waals surface area contributed by atoms with E-state index in [2.05, 4.69) is 31.1 Å². The van der Waals surface area contributed by atoms with Crippen LogP contribution in [0.5, 0.6) is 5.75 Å². The van der Waals surface area contributed by atoms with Gasteiger partial charge in [0.2, 0.25) is 5.78 Å². The fourth-order valence-corrected chi connectivity index (χ4v) is 2.99. The number of benzene rings is 2. The molecule has 1 heterocycles. The Labute approximate surface area is 160 Å². The second-order valence-electron chi connectivity index (χ2n) is 7.77. The standard InChI is InChI=1S/C22H25N3O2/c1-14-7-12-19(27-6)18(13-14)25-15(2)20(23-24-25)21(26)16-8-10-17(11-9-16)22(3,4)5/h7-13H,1-6H3. The van der Waals surface area contributed by atoms with Crippen LogP contribution in [0.3, 0.4) is 0 Å². The monoisotopic (exact) mass is 363 g/mol. The second kappa shape index (κ2) is 6.99. The molecule has 3 aromatic rings. The van der Waals surface area contributed by atoms with Crippen molar-refractivity contribution in [2.24, 2.45) is 0 Å². The first kappa shape index (κ1) is 18.8. The second-order valence-corrected chi connectivity index (χ2v) is 7.77.